The van der Waals surface area contributed by atoms with Crippen molar-refractivity contribution in [3.8, 4) is 0 Å². The molecule has 9 heavy (non-hydrogen) atoms. The summed E-state index contributed by atoms with van der Waals surface area (Å²) in [5, 5.41) is 8.61. The Balaban J connectivity index is 2.10. The average Bonchev–Trinajstić information content (AvgIpc) is 2.13. The minimum Gasteiger partial charge on any atom is -0.481 e. The molecule has 3 atom stereocenters. The van der Waals surface area contributed by atoms with Gasteiger partial charge in [-0.3, -0.25) is 4.79 Å². The van der Waals surface area contributed by atoms with Gasteiger partial charge in [-0.15, -0.1) is 0 Å². The van der Waals surface area contributed by atoms with Crippen molar-refractivity contribution in [2.45, 2.75) is 19.3 Å². The first kappa shape index (κ1) is 5.27. The Morgan fingerprint density at radius 2 is 1.89 bits per heavy atom. The van der Waals surface area contributed by atoms with E-state index in [1.165, 1.54) is 19.3 Å². The predicted molar refractivity (Wildman–Crippen MR) is 32.0 cm³/mol. The molecule has 2 nitrogen and oxygen atoms in total. The molecular formula is C7H10O2. The van der Waals surface area contributed by atoms with Crippen LogP contribution in [0.5, 0.6) is 0 Å². The van der Waals surface area contributed by atoms with Crippen molar-refractivity contribution < 1.29 is 9.90 Å². The molecule has 50 valence electrons. The van der Waals surface area contributed by atoms with Gasteiger partial charge in [0.15, 0.2) is 0 Å². The van der Waals surface area contributed by atoms with E-state index in [-0.39, 0.29) is 5.92 Å². The predicted octanol–water partition coefficient (Wildman–Crippen LogP) is 1.12. The second-order valence-corrected chi connectivity index (χ2v) is 3.20. The smallest absolute Gasteiger partial charge is 0.307 e. The van der Waals surface area contributed by atoms with Crippen LogP contribution in [0.25, 0.3) is 0 Å². The lowest BCUT2D eigenvalue weighted by molar-refractivity contribution is -0.148. The molecule has 0 amide bonds. The molecule has 3 aliphatic rings. The highest BCUT2D eigenvalue weighted by atomic mass is 16.4. The van der Waals surface area contributed by atoms with Gasteiger partial charge in [0.25, 0.3) is 0 Å². The van der Waals surface area contributed by atoms with E-state index in [1.54, 1.807) is 0 Å². The molecule has 3 fully saturated rings. The highest BCUT2D eigenvalue weighted by Crippen LogP contribution is 2.53. The third-order valence-electron chi connectivity index (χ3n) is 2.81. The maximum atomic E-state index is 10.4. The van der Waals surface area contributed by atoms with Crippen LogP contribution in [0.15, 0.2) is 0 Å². The molecule has 0 aromatic rings. The maximum Gasteiger partial charge on any atom is 0.307 e. The summed E-state index contributed by atoms with van der Waals surface area (Å²) in [7, 11) is 0. The molecule has 1 unspecified atom stereocenters. The fourth-order valence-electron chi connectivity index (χ4n) is 2.30. The Labute approximate surface area is 53.9 Å². The summed E-state index contributed by atoms with van der Waals surface area (Å²) >= 11 is 0. The third-order valence-corrected chi connectivity index (χ3v) is 2.81. The Kier molecular flexibility index (Phi) is 0.875. The first-order valence-electron chi connectivity index (χ1n) is 3.52. The fraction of sp³-hybridized carbons (Fsp3) is 0.857. The molecule has 0 spiro atoms. The third kappa shape index (κ3) is 0.533. The van der Waals surface area contributed by atoms with Crippen LogP contribution in [0.2, 0.25) is 0 Å². The van der Waals surface area contributed by atoms with Gasteiger partial charge in [0.2, 0.25) is 0 Å². The van der Waals surface area contributed by atoms with E-state index in [0.29, 0.717) is 11.8 Å². The van der Waals surface area contributed by atoms with Crippen LogP contribution in [0.4, 0.5) is 0 Å². The number of hydrogen-bond acceptors (Lipinski definition) is 1. The van der Waals surface area contributed by atoms with Gasteiger partial charge in [0, 0.05) is 0 Å². The van der Waals surface area contributed by atoms with Crippen LogP contribution >= 0.6 is 0 Å². The maximum absolute atomic E-state index is 10.4. The molecule has 2 heteroatoms. The van der Waals surface area contributed by atoms with Gasteiger partial charge < -0.3 is 5.11 Å². The van der Waals surface area contributed by atoms with Crippen molar-refractivity contribution in [1.82, 2.24) is 0 Å². The molecule has 0 radical (unpaired) electrons. The summed E-state index contributed by atoms with van der Waals surface area (Å²) in [4.78, 5) is 10.4. The van der Waals surface area contributed by atoms with Gasteiger partial charge >= 0.3 is 5.97 Å². The number of carboxylic acids is 1. The molecule has 0 aromatic carbocycles. The quantitative estimate of drug-likeness (QED) is 0.571. The minimum atomic E-state index is -0.561. The van der Waals surface area contributed by atoms with E-state index in [0.717, 1.165) is 0 Å². The first-order chi connectivity index (χ1) is 4.29. The molecule has 3 aliphatic carbocycles. The monoisotopic (exact) mass is 126 g/mol. The van der Waals surface area contributed by atoms with Gasteiger partial charge in [0.1, 0.15) is 0 Å². The lowest BCUT2D eigenvalue weighted by Gasteiger charge is -2.31. The van der Waals surface area contributed by atoms with E-state index < -0.39 is 5.97 Å². The van der Waals surface area contributed by atoms with Crippen molar-refractivity contribution in [2.75, 3.05) is 0 Å². The molecule has 1 N–H and O–H groups in total. The van der Waals surface area contributed by atoms with Crippen molar-refractivity contribution in [1.29, 1.82) is 0 Å². The van der Waals surface area contributed by atoms with Gasteiger partial charge in [-0.25, -0.2) is 0 Å². The van der Waals surface area contributed by atoms with Crippen molar-refractivity contribution in [3.63, 3.8) is 0 Å². The summed E-state index contributed by atoms with van der Waals surface area (Å²) in [6.07, 6.45) is 3.53. The van der Waals surface area contributed by atoms with E-state index in [1.807, 2.05) is 0 Å². The fourth-order valence-corrected chi connectivity index (χ4v) is 2.30. The molecule has 0 saturated heterocycles. The van der Waals surface area contributed by atoms with Gasteiger partial charge in [-0.2, -0.15) is 0 Å². The standard InChI is InChI=1S/C7H10O2/c8-7(9)6-4-1-2-5(6)3-4/h4-6H,1-3H2,(H,8,9)/t4-,5+,6?. The van der Waals surface area contributed by atoms with Crippen molar-refractivity contribution >= 4 is 5.97 Å². The van der Waals surface area contributed by atoms with Gasteiger partial charge in [-0.05, 0) is 31.1 Å². The Hall–Kier alpha value is -0.530. The lowest BCUT2D eigenvalue weighted by Crippen LogP contribution is -2.34. The Bertz CT molecular complexity index is 139. The van der Waals surface area contributed by atoms with Crippen LogP contribution in [0, 0.1) is 17.8 Å². The van der Waals surface area contributed by atoms with E-state index in [4.69, 9.17) is 5.11 Å². The zero-order valence-electron chi connectivity index (χ0n) is 5.21. The van der Waals surface area contributed by atoms with Crippen LogP contribution in [-0.4, -0.2) is 11.1 Å². The number of rotatable bonds is 1. The number of hydrogen-bond donors (Lipinski definition) is 1. The van der Waals surface area contributed by atoms with Gasteiger partial charge in [-0.1, -0.05) is 0 Å². The molecule has 3 rings (SSSR count). The van der Waals surface area contributed by atoms with Crippen molar-refractivity contribution in [3.05, 3.63) is 0 Å². The highest BCUT2D eigenvalue weighted by molar-refractivity contribution is 5.72. The normalized spacial score (nSPS) is 46.4. The zero-order chi connectivity index (χ0) is 6.43. The summed E-state index contributed by atoms with van der Waals surface area (Å²) in [6.45, 7) is 0. The number of fused-ring (bicyclic) bond motifs is 1. The number of aliphatic carboxylic acids is 1. The SMILES string of the molecule is O=C(O)C1[C@@H]2CC[C@H]1C2. The Morgan fingerprint density at radius 3 is 2.11 bits per heavy atom. The largest absolute Gasteiger partial charge is 0.481 e. The van der Waals surface area contributed by atoms with E-state index >= 15 is 0 Å². The average molecular weight is 126 g/mol. The molecule has 3 saturated carbocycles. The first-order valence-corrected chi connectivity index (χ1v) is 3.52. The van der Waals surface area contributed by atoms with Crippen molar-refractivity contribution in [2.24, 2.45) is 17.8 Å². The Morgan fingerprint density at radius 1 is 1.33 bits per heavy atom. The molecule has 0 aliphatic heterocycles. The minimum absolute atomic E-state index is 0.0463. The highest BCUT2D eigenvalue weighted by Gasteiger charge is 2.50. The van der Waals surface area contributed by atoms with Crippen LogP contribution in [0.3, 0.4) is 0 Å². The summed E-state index contributed by atoms with van der Waals surface area (Å²) in [6, 6.07) is 0. The van der Waals surface area contributed by atoms with Crippen LogP contribution in [0.1, 0.15) is 19.3 Å². The molecule has 2 bridgehead atoms. The molecular weight excluding hydrogens is 116 g/mol. The van der Waals surface area contributed by atoms with Crippen LogP contribution in [-0.2, 0) is 4.79 Å². The summed E-state index contributed by atoms with van der Waals surface area (Å²) in [5.74, 6) is 0.582. The molecule has 0 aromatic heterocycles. The zero-order valence-corrected chi connectivity index (χ0v) is 5.21. The summed E-state index contributed by atoms with van der Waals surface area (Å²) in [5.41, 5.74) is 0. The number of carboxylic acid groups (broad SMARTS) is 1. The second-order valence-electron chi connectivity index (χ2n) is 3.20. The lowest BCUT2D eigenvalue weighted by atomic mass is 9.72. The number of carbonyl (C=O) groups is 1. The molecule has 0 heterocycles. The van der Waals surface area contributed by atoms with Crippen LogP contribution < -0.4 is 0 Å². The van der Waals surface area contributed by atoms with E-state index in [9.17, 15) is 4.79 Å². The topological polar surface area (TPSA) is 37.3 Å². The second kappa shape index (κ2) is 1.49. The van der Waals surface area contributed by atoms with Gasteiger partial charge in [0.05, 0.1) is 5.92 Å². The summed E-state index contributed by atoms with van der Waals surface area (Å²) < 4.78 is 0. The van der Waals surface area contributed by atoms with E-state index in [2.05, 4.69) is 0 Å².